The van der Waals surface area contributed by atoms with Gasteiger partial charge in [-0.05, 0) is 39.4 Å². The molecule has 2 heterocycles. The number of likely N-dealkylation sites (tertiary alicyclic amines) is 1. The topological polar surface area (TPSA) is 25.4 Å². The molecule has 0 bridgehead atoms. The maximum atomic E-state index is 5.92. The van der Waals surface area contributed by atoms with E-state index in [9.17, 15) is 0 Å². The normalized spacial score (nSPS) is 22.7. The summed E-state index contributed by atoms with van der Waals surface area (Å²) in [7, 11) is 2.15. The molecule has 0 radical (unpaired) electrons. The second kappa shape index (κ2) is 4.62. The Balaban J connectivity index is 1.96. The van der Waals surface area contributed by atoms with Gasteiger partial charge in [-0.25, -0.2) is 0 Å². The minimum Gasteiger partial charge on any atom is -0.489 e. The Bertz CT molecular complexity index is 327. The maximum Gasteiger partial charge on any atom is 0.123 e. The smallest absolute Gasteiger partial charge is 0.123 e. The minimum absolute atomic E-state index is 0.338. The fourth-order valence-corrected chi connectivity index (χ4v) is 2.00. The lowest BCUT2D eigenvalue weighted by Crippen LogP contribution is -2.38. The first-order chi connectivity index (χ1) is 7.24. The minimum atomic E-state index is 0.338. The van der Waals surface area contributed by atoms with E-state index >= 15 is 0 Å². The molecule has 0 N–H and O–H groups in total. The van der Waals surface area contributed by atoms with E-state index in [0.29, 0.717) is 6.10 Å². The third-order valence-electron chi connectivity index (χ3n) is 2.75. The van der Waals surface area contributed by atoms with Gasteiger partial charge >= 0.3 is 0 Å². The Morgan fingerprint density at radius 2 is 2.40 bits per heavy atom. The van der Waals surface area contributed by atoms with Gasteiger partial charge in [-0.15, -0.1) is 0 Å². The van der Waals surface area contributed by atoms with Crippen molar-refractivity contribution in [2.75, 3.05) is 20.1 Å². The van der Waals surface area contributed by atoms with E-state index in [1.165, 1.54) is 13.0 Å². The van der Waals surface area contributed by atoms with Crippen LogP contribution in [0.1, 0.15) is 18.5 Å². The highest BCUT2D eigenvalue weighted by Crippen LogP contribution is 2.17. The third-order valence-corrected chi connectivity index (χ3v) is 2.75. The molecule has 0 aromatic carbocycles. The van der Waals surface area contributed by atoms with Gasteiger partial charge in [0.1, 0.15) is 11.9 Å². The van der Waals surface area contributed by atoms with Crippen molar-refractivity contribution < 1.29 is 4.74 Å². The Labute approximate surface area is 91.1 Å². The molecule has 0 amide bonds. The predicted octanol–water partition coefficient (Wildman–Crippen LogP) is 1.86. The summed E-state index contributed by atoms with van der Waals surface area (Å²) >= 11 is 0. The molecule has 82 valence electrons. The van der Waals surface area contributed by atoms with E-state index in [4.69, 9.17) is 4.74 Å². The van der Waals surface area contributed by atoms with Crippen molar-refractivity contribution in [1.29, 1.82) is 0 Å². The molecule has 3 nitrogen and oxygen atoms in total. The summed E-state index contributed by atoms with van der Waals surface area (Å²) in [6.45, 7) is 4.20. The molecule has 1 aromatic heterocycles. The molecule has 0 spiro atoms. The summed E-state index contributed by atoms with van der Waals surface area (Å²) in [6, 6.07) is 3.93. The number of likely N-dealkylation sites (N-methyl/N-ethyl adjacent to an activating group) is 1. The molecule has 1 aliphatic heterocycles. The molecule has 0 saturated carbocycles. The Kier molecular flexibility index (Phi) is 3.21. The van der Waals surface area contributed by atoms with Gasteiger partial charge in [0, 0.05) is 24.5 Å². The molecule has 1 atom stereocenters. The van der Waals surface area contributed by atoms with Crippen LogP contribution in [0.15, 0.2) is 18.3 Å². The lowest BCUT2D eigenvalue weighted by Gasteiger charge is -2.30. The van der Waals surface area contributed by atoms with E-state index in [-0.39, 0.29) is 0 Å². The van der Waals surface area contributed by atoms with Crippen LogP contribution in [0.5, 0.6) is 5.75 Å². The zero-order valence-corrected chi connectivity index (χ0v) is 9.44. The fraction of sp³-hybridized carbons (Fsp3) is 0.583. The molecular formula is C12H18N2O. The zero-order chi connectivity index (χ0) is 10.7. The Morgan fingerprint density at radius 1 is 1.53 bits per heavy atom. The molecule has 1 saturated heterocycles. The van der Waals surface area contributed by atoms with E-state index in [1.807, 2.05) is 19.1 Å². The lowest BCUT2D eigenvalue weighted by atomic mass is 10.1. The Hall–Kier alpha value is -1.09. The van der Waals surface area contributed by atoms with Crippen LogP contribution < -0.4 is 4.74 Å². The molecule has 2 rings (SSSR count). The number of ether oxygens (including phenoxy) is 1. The van der Waals surface area contributed by atoms with E-state index in [2.05, 4.69) is 16.9 Å². The van der Waals surface area contributed by atoms with Gasteiger partial charge in [0.25, 0.3) is 0 Å². The number of nitrogens with zero attached hydrogens (tertiary/aromatic N) is 2. The number of pyridine rings is 1. The SMILES string of the molecule is Cc1cc(OC2CCCN(C)C2)ccn1. The van der Waals surface area contributed by atoms with Gasteiger partial charge in [-0.3, -0.25) is 4.98 Å². The quantitative estimate of drug-likeness (QED) is 0.738. The molecule has 1 aliphatic rings. The van der Waals surface area contributed by atoms with Gasteiger partial charge in [0.05, 0.1) is 0 Å². The van der Waals surface area contributed by atoms with Gasteiger partial charge < -0.3 is 9.64 Å². The van der Waals surface area contributed by atoms with Gasteiger partial charge in [-0.2, -0.15) is 0 Å². The molecule has 1 fully saturated rings. The summed E-state index contributed by atoms with van der Waals surface area (Å²) in [5, 5.41) is 0. The highest BCUT2D eigenvalue weighted by atomic mass is 16.5. The van der Waals surface area contributed by atoms with Crippen LogP contribution in [0.3, 0.4) is 0 Å². The highest BCUT2D eigenvalue weighted by molar-refractivity contribution is 5.22. The summed E-state index contributed by atoms with van der Waals surface area (Å²) in [5.74, 6) is 0.947. The summed E-state index contributed by atoms with van der Waals surface area (Å²) in [5.41, 5.74) is 1.01. The first-order valence-electron chi connectivity index (χ1n) is 5.52. The summed E-state index contributed by atoms with van der Waals surface area (Å²) in [4.78, 5) is 6.48. The average Bonchev–Trinajstić information content (AvgIpc) is 2.17. The van der Waals surface area contributed by atoms with Crippen molar-refractivity contribution >= 4 is 0 Å². The predicted molar refractivity (Wildman–Crippen MR) is 60.1 cm³/mol. The largest absolute Gasteiger partial charge is 0.489 e. The highest BCUT2D eigenvalue weighted by Gasteiger charge is 2.18. The maximum absolute atomic E-state index is 5.92. The molecule has 1 aromatic rings. The monoisotopic (exact) mass is 206 g/mol. The fourth-order valence-electron chi connectivity index (χ4n) is 2.00. The van der Waals surface area contributed by atoms with Crippen molar-refractivity contribution in [1.82, 2.24) is 9.88 Å². The van der Waals surface area contributed by atoms with Crippen LogP contribution in [-0.2, 0) is 0 Å². The van der Waals surface area contributed by atoms with E-state index in [1.54, 1.807) is 6.20 Å². The second-order valence-electron chi connectivity index (χ2n) is 4.28. The standard InChI is InChI=1S/C12H18N2O/c1-10-8-11(5-6-13-10)15-12-4-3-7-14(2)9-12/h5-6,8,12H,3-4,7,9H2,1-2H3. The number of rotatable bonds is 2. The number of piperidine rings is 1. The number of hydrogen-bond acceptors (Lipinski definition) is 3. The number of hydrogen-bond donors (Lipinski definition) is 0. The van der Waals surface area contributed by atoms with Crippen LogP contribution in [-0.4, -0.2) is 36.1 Å². The van der Waals surface area contributed by atoms with E-state index < -0.39 is 0 Å². The van der Waals surface area contributed by atoms with Crippen molar-refractivity contribution in [2.24, 2.45) is 0 Å². The van der Waals surface area contributed by atoms with Crippen LogP contribution in [0.4, 0.5) is 0 Å². The molecular weight excluding hydrogens is 188 g/mol. The van der Waals surface area contributed by atoms with E-state index in [0.717, 1.165) is 24.4 Å². The van der Waals surface area contributed by atoms with Crippen LogP contribution >= 0.6 is 0 Å². The molecule has 1 unspecified atom stereocenters. The Morgan fingerprint density at radius 3 is 3.13 bits per heavy atom. The van der Waals surface area contributed by atoms with Crippen molar-refractivity contribution in [2.45, 2.75) is 25.9 Å². The molecule has 0 aliphatic carbocycles. The summed E-state index contributed by atoms with van der Waals surface area (Å²) < 4.78 is 5.92. The lowest BCUT2D eigenvalue weighted by molar-refractivity contribution is 0.104. The van der Waals surface area contributed by atoms with Gasteiger partial charge in [-0.1, -0.05) is 0 Å². The zero-order valence-electron chi connectivity index (χ0n) is 9.44. The van der Waals surface area contributed by atoms with Crippen LogP contribution in [0, 0.1) is 6.92 Å². The molecule has 3 heteroatoms. The van der Waals surface area contributed by atoms with Crippen LogP contribution in [0.2, 0.25) is 0 Å². The van der Waals surface area contributed by atoms with Crippen molar-refractivity contribution in [3.63, 3.8) is 0 Å². The molecule has 15 heavy (non-hydrogen) atoms. The van der Waals surface area contributed by atoms with Crippen LogP contribution in [0.25, 0.3) is 0 Å². The second-order valence-corrected chi connectivity index (χ2v) is 4.28. The van der Waals surface area contributed by atoms with Crippen molar-refractivity contribution in [3.05, 3.63) is 24.0 Å². The first kappa shape index (κ1) is 10.4. The number of aromatic nitrogens is 1. The average molecular weight is 206 g/mol. The van der Waals surface area contributed by atoms with Gasteiger partial charge in [0.2, 0.25) is 0 Å². The first-order valence-corrected chi connectivity index (χ1v) is 5.52. The van der Waals surface area contributed by atoms with Gasteiger partial charge in [0.15, 0.2) is 0 Å². The summed E-state index contributed by atoms with van der Waals surface area (Å²) in [6.07, 6.45) is 4.53. The third kappa shape index (κ3) is 2.93. The van der Waals surface area contributed by atoms with Crippen molar-refractivity contribution in [3.8, 4) is 5.75 Å². The number of aryl methyl sites for hydroxylation is 1.